The van der Waals surface area contributed by atoms with Crippen LogP contribution in [0.4, 0.5) is 0 Å². The Morgan fingerprint density at radius 2 is 0.495 bits per heavy atom. The van der Waals surface area contributed by atoms with Crippen molar-refractivity contribution >= 4 is 86.7 Å². The van der Waals surface area contributed by atoms with Crippen LogP contribution in [0.2, 0.25) is 0 Å². The van der Waals surface area contributed by atoms with Gasteiger partial charge in [0, 0.05) is 37.8 Å². The van der Waals surface area contributed by atoms with Crippen LogP contribution in [0.25, 0.3) is 165 Å². The average Bonchev–Trinajstić information content (AvgIpc) is 1.57. The summed E-state index contributed by atoms with van der Waals surface area (Å²) in [7, 11) is 0. The van der Waals surface area contributed by atoms with Gasteiger partial charge in [0.15, 0.2) is 0 Å². The van der Waals surface area contributed by atoms with Gasteiger partial charge in [0.05, 0.1) is 33.4 Å². The molecule has 0 unspecified atom stereocenters. The molecule has 3 aliphatic heterocycles. The van der Waals surface area contributed by atoms with Gasteiger partial charge in [0.1, 0.15) is 0 Å². The van der Waals surface area contributed by atoms with Crippen LogP contribution in [0.1, 0.15) is 74.9 Å². The van der Waals surface area contributed by atoms with Gasteiger partial charge in [-0.25, -0.2) is 0 Å². The quantitative estimate of drug-likeness (QED) is 0.147. The first kappa shape index (κ1) is 57.4. The highest BCUT2D eigenvalue weighted by molar-refractivity contribution is 6.24. The molecule has 16 aromatic carbocycles. The molecule has 2 heteroatoms. The van der Waals surface area contributed by atoms with Crippen LogP contribution in [-0.4, -0.2) is 9.13 Å². The minimum Gasteiger partial charge on any atom is -0.309 e. The maximum atomic E-state index is 2.62. The normalized spacial score (nSPS) is 14.2. The van der Waals surface area contributed by atoms with E-state index < -0.39 is 0 Å². The van der Waals surface area contributed by atoms with Gasteiger partial charge >= 0.3 is 0 Å². The van der Waals surface area contributed by atoms with Crippen LogP contribution in [-0.2, 0) is 16.2 Å². The smallest absolute Gasteiger partial charge is 0.0582 e. The SMILES string of the molecule is CC1(C)c2cc(-c3ccc4c(-c5ccccc5)c5ccccc5c(-c5ccccc5)c4c3)cc3c2-n2c4c1cccc4c1cccc(c12)C3(C)C.CC1(C)c2cc(-c3ccc4c(-c5ccccc5)c5ccccc5c(-c5ccccc5)c4c3)ccc2-n2c3ccccc3c3cccc1c32. The van der Waals surface area contributed by atoms with Crippen molar-refractivity contribution in [2.24, 2.45) is 0 Å². The van der Waals surface area contributed by atoms with E-state index in [2.05, 4.69) is 366 Å². The highest BCUT2D eigenvalue weighted by Gasteiger charge is 2.44. The van der Waals surface area contributed by atoms with Gasteiger partial charge in [-0.1, -0.05) is 315 Å². The Balaban J connectivity index is 0.000000134. The molecule has 0 bridgehead atoms. The summed E-state index contributed by atoms with van der Waals surface area (Å²) >= 11 is 0. The molecule has 2 aromatic heterocycles. The third kappa shape index (κ3) is 8.12. The zero-order chi connectivity index (χ0) is 66.2. The Morgan fingerprint density at radius 1 is 0.192 bits per heavy atom. The molecule has 3 aliphatic rings. The number of aromatic nitrogens is 2. The third-order valence-corrected chi connectivity index (χ3v) is 23.1. The largest absolute Gasteiger partial charge is 0.309 e. The topological polar surface area (TPSA) is 9.86 Å². The number of hydrogen-bond donors (Lipinski definition) is 0. The Hall–Kier alpha value is -11.8. The van der Waals surface area contributed by atoms with Crippen molar-refractivity contribution in [3.8, 4) is 78.1 Å². The molecule has 0 amide bonds. The predicted molar refractivity (Wildman–Crippen MR) is 421 cm³/mol. The lowest BCUT2D eigenvalue weighted by molar-refractivity contribution is 0.594. The second-order valence-electron chi connectivity index (χ2n) is 29.4. The van der Waals surface area contributed by atoms with Gasteiger partial charge < -0.3 is 9.13 Å². The van der Waals surface area contributed by atoms with Crippen molar-refractivity contribution in [3.05, 3.63) is 349 Å². The van der Waals surface area contributed by atoms with Gasteiger partial charge in [-0.15, -0.1) is 0 Å². The van der Waals surface area contributed by atoms with Gasteiger partial charge in [-0.3, -0.25) is 0 Å². The van der Waals surface area contributed by atoms with E-state index in [4.69, 9.17) is 0 Å². The molecule has 18 aromatic rings. The molecular weight excluding hydrogens is 1190 g/mol. The highest BCUT2D eigenvalue weighted by Crippen LogP contribution is 2.57. The van der Waals surface area contributed by atoms with Gasteiger partial charge in [0.2, 0.25) is 0 Å². The Labute approximate surface area is 577 Å². The van der Waals surface area contributed by atoms with E-state index in [0.717, 1.165) is 0 Å². The number of benzene rings is 16. The van der Waals surface area contributed by atoms with Crippen LogP contribution in [0, 0.1) is 0 Å². The molecular formula is C97H70N2. The minimum atomic E-state index is -0.166. The first-order valence-electron chi connectivity index (χ1n) is 35.1. The number of para-hydroxylation sites is 4. The maximum absolute atomic E-state index is 2.62. The number of hydrogen-bond acceptors (Lipinski definition) is 0. The van der Waals surface area contributed by atoms with Gasteiger partial charge in [0.25, 0.3) is 0 Å². The van der Waals surface area contributed by atoms with Crippen LogP contribution >= 0.6 is 0 Å². The first-order chi connectivity index (χ1) is 48.4. The van der Waals surface area contributed by atoms with Crippen LogP contribution in [0.15, 0.2) is 315 Å². The van der Waals surface area contributed by atoms with Gasteiger partial charge in [-0.05, 0) is 186 Å². The van der Waals surface area contributed by atoms with E-state index in [1.54, 1.807) is 0 Å². The van der Waals surface area contributed by atoms with E-state index in [-0.39, 0.29) is 16.2 Å². The zero-order valence-electron chi connectivity index (χ0n) is 56.4. The molecule has 0 N–H and O–H groups in total. The molecule has 468 valence electrons. The second-order valence-corrected chi connectivity index (χ2v) is 29.4. The summed E-state index contributed by atoms with van der Waals surface area (Å²) in [5, 5.41) is 15.6. The fourth-order valence-corrected chi connectivity index (χ4v) is 18.3. The van der Waals surface area contributed by atoms with Crippen molar-refractivity contribution in [2.45, 2.75) is 57.8 Å². The summed E-state index contributed by atoms with van der Waals surface area (Å²) in [4.78, 5) is 0. The number of rotatable bonds is 6. The Kier molecular flexibility index (Phi) is 12.2. The van der Waals surface area contributed by atoms with Crippen LogP contribution < -0.4 is 0 Å². The molecule has 0 saturated carbocycles. The molecule has 0 spiro atoms. The molecule has 2 nitrogen and oxygen atoms in total. The summed E-state index contributed by atoms with van der Waals surface area (Å²) in [6.45, 7) is 14.5. The van der Waals surface area contributed by atoms with Crippen molar-refractivity contribution in [1.82, 2.24) is 9.13 Å². The summed E-state index contributed by atoms with van der Waals surface area (Å²) in [5.74, 6) is 0. The van der Waals surface area contributed by atoms with E-state index in [1.165, 1.54) is 198 Å². The molecule has 0 atom stereocenters. The van der Waals surface area contributed by atoms with Gasteiger partial charge in [-0.2, -0.15) is 0 Å². The standard InChI is InChI=1S/C50H37N.C47H33N/c1-49(2)40-23-13-21-37-38-22-14-24-41-47(38)51(46(37)40)48-42(49)28-33(29-43(48)50(41,3)4)32-25-26-36-39(27-32)45(31-17-9-6-10-18-31)35-20-12-11-19-34(35)44(36)30-15-7-5-8-16-30;1-47(2)40-22-13-21-38-34-18-11-12-23-42(34)48(46(38)40)43-27-25-33(29-41(43)47)32-24-26-37-39(28-32)45(31-16-7-4-8-17-31)36-20-10-9-19-35(36)44(37)30-14-5-3-6-15-30/h5-29H,1-4H3;3-29H,1-2H3. The predicted octanol–water partition coefficient (Wildman–Crippen LogP) is 26.1. The molecule has 0 saturated heterocycles. The third-order valence-electron chi connectivity index (χ3n) is 23.1. The van der Waals surface area contributed by atoms with E-state index in [9.17, 15) is 0 Å². The summed E-state index contributed by atoms with van der Waals surface area (Å²) in [6.07, 6.45) is 0. The summed E-state index contributed by atoms with van der Waals surface area (Å²) in [5.41, 5.74) is 31.0. The molecule has 99 heavy (non-hydrogen) atoms. The van der Waals surface area contributed by atoms with Crippen LogP contribution in [0.3, 0.4) is 0 Å². The maximum Gasteiger partial charge on any atom is 0.0582 e. The molecule has 21 rings (SSSR count). The average molecular weight is 1260 g/mol. The zero-order valence-corrected chi connectivity index (χ0v) is 56.4. The molecule has 5 heterocycles. The molecule has 0 aliphatic carbocycles. The molecule has 0 fully saturated rings. The fraction of sp³-hybridized carbons (Fsp3) is 0.0928. The Bertz CT molecular complexity index is 6360. The molecule has 0 radical (unpaired) electrons. The monoisotopic (exact) mass is 1260 g/mol. The lowest BCUT2D eigenvalue weighted by Gasteiger charge is -2.42. The van der Waals surface area contributed by atoms with Crippen molar-refractivity contribution in [1.29, 1.82) is 0 Å². The van der Waals surface area contributed by atoms with Crippen molar-refractivity contribution < 1.29 is 0 Å². The number of fused-ring (bicyclic) bond motifs is 10. The fourth-order valence-electron chi connectivity index (χ4n) is 18.3. The van der Waals surface area contributed by atoms with Crippen molar-refractivity contribution in [3.63, 3.8) is 0 Å². The number of nitrogens with zero attached hydrogens (tertiary/aromatic N) is 2. The minimum absolute atomic E-state index is 0.155. The summed E-state index contributed by atoms with van der Waals surface area (Å²) < 4.78 is 5.11. The van der Waals surface area contributed by atoms with E-state index >= 15 is 0 Å². The van der Waals surface area contributed by atoms with E-state index in [1.807, 2.05) is 0 Å². The Morgan fingerprint density at radius 3 is 0.929 bits per heavy atom. The van der Waals surface area contributed by atoms with Crippen molar-refractivity contribution in [2.75, 3.05) is 0 Å². The second kappa shape index (κ2) is 21.1. The van der Waals surface area contributed by atoms with Crippen LogP contribution in [0.5, 0.6) is 0 Å². The van der Waals surface area contributed by atoms with E-state index in [0.29, 0.717) is 0 Å². The highest BCUT2D eigenvalue weighted by atomic mass is 15.0. The summed E-state index contributed by atoms with van der Waals surface area (Å²) in [6, 6.07) is 118. The lowest BCUT2D eigenvalue weighted by Crippen LogP contribution is -2.33. The first-order valence-corrected chi connectivity index (χ1v) is 35.1. The lowest BCUT2D eigenvalue weighted by atomic mass is 9.68.